The maximum atomic E-state index is 3.36. The molecule has 2 aromatic rings. The molecular formula is C12H14N2. The van der Waals surface area contributed by atoms with Gasteiger partial charge in [0, 0.05) is 14.1 Å². The third-order valence-electron chi connectivity index (χ3n) is 1.86. The van der Waals surface area contributed by atoms with E-state index in [2.05, 4.69) is 58.8 Å². The van der Waals surface area contributed by atoms with Crippen molar-refractivity contribution in [2.45, 2.75) is 0 Å². The van der Waals surface area contributed by atoms with Gasteiger partial charge >= 0.3 is 0 Å². The van der Waals surface area contributed by atoms with Crippen LogP contribution in [0.4, 0.5) is 0 Å². The second kappa shape index (κ2) is 5.86. The Morgan fingerprint density at radius 2 is 0.929 bits per heavy atom. The summed E-state index contributed by atoms with van der Waals surface area (Å²) < 4.78 is 0. The minimum absolute atomic E-state index is 1.31. The molecular weight excluding hydrogens is 172 g/mol. The van der Waals surface area contributed by atoms with Crippen molar-refractivity contribution in [1.29, 1.82) is 0 Å². The van der Waals surface area contributed by atoms with E-state index < -0.39 is 0 Å². The summed E-state index contributed by atoms with van der Waals surface area (Å²) in [7, 11) is 3.28. The minimum Gasteiger partial charge on any atom is -0.198 e. The van der Waals surface area contributed by atoms with Crippen molar-refractivity contribution < 1.29 is 0 Å². The predicted octanol–water partition coefficient (Wildman–Crippen LogP) is 3.54. The molecule has 2 rings (SSSR count). The normalized spacial score (nSPS) is 9.86. The van der Waals surface area contributed by atoms with Crippen LogP contribution in [0.15, 0.2) is 58.8 Å². The summed E-state index contributed by atoms with van der Waals surface area (Å²) in [4.78, 5) is 0. The number of hydrogen-bond acceptors (Lipinski definition) is 2. The van der Waals surface area contributed by atoms with E-state index in [1.807, 2.05) is 0 Å². The van der Waals surface area contributed by atoms with Gasteiger partial charge in [-0.15, -0.1) is 0 Å². The van der Waals surface area contributed by atoms with E-state index >= 15 is 0 Å². The smallest absolute Gasteiger partial charge is 0.0487 e. The molecule has 0 N–H and O–H groups in total. The molecule has 72 valence electrons. The summed E-state index contributed by atoms with van der Waals surface area (Å²) in [6, 6.07) is 16.7. The molecule has 0 radical (unpaired) electrons. The van der Waals surface area contributed by atoms with E-state index in [1.165, 1.54) is 10.8 Å². The predicted molar refractivity (Wildman–Crippen MR) is 60.7 cm³/mol. The van der Waals surface area contributed by atoms with E-state index in [9.17, 15) is 0 Å². The molecule has 14 heavy (non-hydrogen) atoms. The van der Waals surface area contributed by atoms with E-state index in [1.54, 1.807) is 14.1 Å². The standard InChI is InChI=1S/C10H8.C2H6N2/c1-2-6-10-8-4-3-7-9(10)5-1;1-3-4-2/h1-8H;1-2H3. The highest BCUT2D eigenvalue weighted by molar-refractivity contribution is 5.81. The third-order valence-corrected chi connectivity index (χ3v) is 1.86. The quantitative estimate of drug-likeness (QED) is 0.562. The summed E-state index contributed by atoms with van der Waals surface area (Å²) in [6.07, 6.45) is 0. The monoisotopic (exact) mass is 186 g/mol. The lowest BCUT2D eigenvalue weighted by Gasteiger charge is -1.92. The van der Waals surface area contributed by atoms with Crippen LogP contribution >= 0.6 is 0 Å². The van der Waals surface area contributed by atoms with Gasteiger partial charge in [-0.05, 0) is 10.8 Å². The number of hydrogen-bond donors (Lipinski definition) is 0. The molecule has 0 aliphatic carbocycles. The fraction of sp³-hybridized carbons (Fsp3) is 0.167. The Balaban J connectivity index is 0.000000213. The number of rotatable bonds is 0. The Labute approximate surface area is 84.3 Å². The molecule has 0 bridgehead atoms. The summed E-state index contributed by atoms with van der Waals surface area (Å²) in [5, 5.41) is 9.34. The SMILES string of the molecule is CN=NC.c1ccc2ccccc2c1. The molecule has 0 saturated heterocycles. The van der Waals surface area contributed by atoms with Gasteiger partial charge < -0.3 is 0 Å². The average molecular weight is 186 g/mol. The van der Waals surface area contributed by atoms with Gasteiger partial charge in [0.05, 0.1) is 0 Å². The van der Waals surface area contributed by atoms with E-state index in [4.69, 9.17) is 0 Å². The summed E-state index contributed by atoms with van der Waals surface area (Å²) in [5.74, 6) is 0. The zero-order valence-electron chi connectivity index (χ0n) is 8.51. The van der Waals surface area contributed by atoms with Crippen molar-refractivity contribution in [3.63, 3.8) is 0 Å². The second-order valence-electron chi connectivity index (χ2n) is 2.75. The van der Waals surface area contributed by atoms with Crippen LogP contribution in [0, 0.1) is 0 Å². The largest absolute Gasteiger partial charge is 0.198 e. The zero-order chi connectivity index (χ0) is 10.2. The highest BCUT2D eigenvalue weighted by atomic mass is 15.0. The second-order valence-corrected chi connectivity index (χ2v) is 2.75. The Bertz CT molecular complexity index is 338. The first kappa shape index (κ1) is 10.4. The van der Waals surface area contributed by atoms with Gasteiger partial charge in [-0.25, -0.2) is 0 Å². The van der Waals surface area contributed by atoms with Crippen LogP contribution in [0.25, 0.3) is 10.8 Å². The molecule has 0 saturated carbocycles. The van der Waals surface area contributed by atoms with E-state index in [0.717, 1.165) is 0 Å². The van der Waals surface area contributed by atoms with Crippen LogP contribution in [0.1, 0.15) is 0 Å². The van der Waals surface area contributed by atoms with Gasteiger partial charge in [-0.3, -0.25) is 0 Å². The molecule has 2 heteroatoms. The minimum atomic E-state index is 1.31. The van der Waals surface area contributed by atoms with Crippen LogP contribution in [-0.2, 0) is 0 Å². The highest BCUT2D eigenvalue weighted by Crippen LogP contribution is 2.11. The van der Waals surface area contributed by atoms with Gasteiger partial charge in [-0.1, -0.05) is 48.5 Å². The van der Waals surface area contributed by atoms with Gasteiger partial charge in [0.2, 0.25) is 0 Å². The molecule has 0 atom stereocenters. The summed E-state index contributed by atoms with van der Waals surface area (Å²) >= 11 is 0. The number of azo groups is 1. The molecule has 0 aromatic heterocycles. The lowest BCUT2D eigenvalue weighted by atomic mass is 10.1. The Hall–Kier alpha value is -1.70. The van der Waals surface area contributed by atoms with Crippen LogP contribution in [0.2, 0.25) is 0 Å². The van der Waals surface area contributed by atoms with Crippen LogP contribution in [0.5, 0.6) is 0 Å². The molecule has 2 nitrogen and oxygen atoms in total. The third kappa shape index (κ3) is 2.98. The Morgan fingerprint density at radius 1 is 0.643 bits per heavy atom. The van der Waals surface area contributed by atoms with Crippen LogP contribution in [-0.4, -0.2) is 14.1 Å². The maximum Gasteiger partial charge on any atom is 0.0487 e. The van der Waals surface area contributed by atoms with Crippen molar-refractivity contribution in [3.05, 3.63) is 48.5 Å². The van der Waals surface area contributed by atoms with Gasteiger partial charge in [0.25, 0.3) is 0 Å². The van der Waals surface area contributed by atoms with Gasteiger partial charge in [0.1, 0.15) is 0 Å². The number of fused-ring (bicyclic) bond motifs is 1. The number of nitrogens with zero attached hydrogens (tertiary/aromatic N) is 2. The molecule has 0 aliphatic rings. The lowest BCUT2D eigenvalue weighted by molar-refractivity contribution is 1.11. The zero-order valence-corrected chi connectivity index (χ0v) is 8.51. The summed E-state index contributed by atoms with van der Waals surface area (Å²) in [5.41, 5.74) is 0. The van der Waals surface area contributed by atoms with Crippen molar-refractivity contribution in [2.75, 3.05) is 14.1 Å². The van der Waals surface area contributed by atoms with Gasteiger partial charge in [0.15, 0.2) is 0 Å². The highest BCUT2D eigenvalue weighted by Gasteiger charge is 1.85. The fourth-order valence-electron chi connectivity index (χ4n) is 1.13. The van der Waals surface area contributed by atoms with Crippen molar-refractivity contribution in [2.24, 2.45) is 10.2 Å². The van der Waals surface area contributed by atoms with Crippen LogP contribution in [0.3, 0.4) is 0 Å². The maximum absolute atomic E-state index is 3.36. The van der Waals surface area contributed by atoms with E-state index in [-0.39, 0.29) is 0 Å². The first-order chi connectivity index (χ1) is 6.88. The topological polar surface area (TPSA) is 24.7 Å². The molecule has 0 spiro atoms. The molecule has 0 aliphatic heterocycles. The molecule has 0 amide bonds. The molecule has 0 fully saturated rings. The van der Waals surface area contributed by atoms with Crippen molar-refractivity contribution in [1.82, 2.24) is 0 Å². The number of benzene rings is 2. The van der Waals surface area contributed by atoms with Gasteiger partial charge in [-0.2, -0.15) is 10.2 Å². The first-order valence-corrected chi connectivity index (χ1v) is 4.50. The summed E-state index contributed by atoms with van der Waals surface area (Å²) in [6.45, 7) is 0. The Kier molecular flexibility index (Phi) is 4.35. The molecule has 0 heterocycles. The fourth-order valence-corrected chi connectivity index (χ4v) is 1.13. The first-order valence-electron chi connectivity index (χ1n) is 4.50. The van der Waals surface area contributed by atoms with E-state index in [0.29, 0.717) is 0 Å². The van der Waals surface area contributed by atoms with Crippen LogP contribution < -0.4 is 0 Å². The Morgan fingerprint density at radius 3 is 1.14 bits per heavy atom. The van der Waals surface area contributed by atoms with Crippen molar-refractivity contribution in [3.8, 4) is 0 Å². The molecule has 2 aromatic carbocycles. The average Bonchev–Trinajstić information content (AvgIpc) is 2.30. The van der Waals surface area contributed by atoms with Crippen molar-refractivity contribution >= 4 is 10.8 Å². The molecule has 0 unspecified atom stereocenters. The lowest BCUT2D eigenvalue weighted by Crippen LogP contribution is -1.67.